The van der Waals surface area contributed by atoms with Gasteiger partial charge in [-0.25, -0.2) is 0 Å². The third-order valence-corrected chi connectivity index (χ3v) is 4.85. The largest absolute Gasteiger partial charge is 0.118 e. The van der Waals surface area contributed by atoms with Crippen molar-refractivity contribution in [2.75, 3.05) is 0 Å². The molecule has 3 rings (SSSR count). The number of halogens is 1. The maximum Gasteiger partial charge on any atom is 0.0588 e. The molecule has 2 aromatic rings. The second-order valence-corrected chi connectivity index (χ2v) is 6.32. The highest BCUT2D eigenvalue weighted by Gasteiger charge is 2.19. The fraction of sp³-hybridized carbons (Fsp3) is 0.368. The molecule has 0 N–H and O–H groups in total. The Labute approximate surface area is 126 Å². The van der Waals surface area contributed by atoms with E-state index < -0.39 is 0 Å². The van der Waals surface area contributed by atoms with Crippen molar-refractivity contribution in [3.63, 3.8) is 0 Å². The number of rotatable bonds is 5. The minimum atomic E-state index is 0.114. The average molecular weight is 285 g/mol. The zero-order chi connectivity index (χ0) is 13.8. The number of aryl methyl sites for hydroxylation is 1. The molecule has 0 radical (unpaired) electrons. The summed E-state index contributed by atoms with van der Waals surface area (Å²) >= 11 is 6.50. The van der Waals surface area contributed by atoms with Crippen LogP contribution < -0.4 is 0 Å². The zero-order valence-corrected chi connectivity index (χ0v) is 12.5. The summed E-state index contributed by atoms with van der Waals surface area (Å²) in [5.41, 5.74) is 4.18. The Morgan fingerprint density at radius 1 is 1.00 bits per heavy atom. The molecule has 1 atom stereocenters. The molecule has 0 saturated heterocycles. The van der Waals surface area contributed by atoms with Gasteiger partial charge in [0.15, 0.2) is 0 Å². The van der Waals surface area contributed by atoms with Crippen molar-refractivity contribution in [1.29, 1.82) is 0 Å². The standard InChI is InChI=1S/C19H21Cl/c20-19(17-7-2-1-3-8-17)13-12-15-6-4-11-18(14-15)16-9-5-10-16/h1-4,6-8,11,14,16,19H,5,9-10,12-13H2. The van der Waals surface area contributed by atoms with Gasteiger partial charge in [0.25, 0.3) is 0 Å². The minimum absolute atomic E-state index is 0.114. The lowest BCUT2D eigenvalue weighted by atomic mass is 9.79. The van der Waals surface area contributed by atoms with E-state index in [1.54, 1.807) is 0 Å². The normalized spacial score (nSPS) is 16.6. The fourth-order valence-corrected chi connectivity index (χ4v) is 3.12. The molecule has 1 fully saturated rings. The summed E-state index contributed by atoms with van der Waals surface area (Å²) in [6.07, 6.45) is 6.19. The van der Waals surface area contributed by atoms with Gasteiger partial charge in [-0.1, -0.05) is 61.0 Å². The van der Waals surface area contributed by atoms with Crippen LogP contribution in [0.1, 0.15) is 53.7 Å². The van der Waals surface area contributed by atoms with Gasteiger partial charge >= 0.3 is 0 Å². The Hall–Kier alpha value is -1.27. The lowest BCUT2D eigenvalue weighted by Gasteiger charge is -2.26. The zero-order valence-electron chi connectivity index (χ0n) is 11.8. The number of benzene rings is 2. The van der Waals surface area contributed by atoms with Crippen molar-refractivity contribution in [3.8, 4) is 0 Å². The van der Waals surface area contributed by atoms with E-state index in [1.165, 1.54) is 36.0 Å². The van der Waals surface area contributed by atoms with Crippen LogP contribution in [0.5, 0.6) is 0 Å². The van der Waals surface area contributed by atoms with Gasteiger partial charge in [-0.05, 0) is 48.3 Å². The summed E-state index contributed by atoms with van der Waals surface area (Å²) in [7, 11) is 0. The lowest BCUT2D eigenvalue weighted by Crippen LogP contribution is -2.08. The number of hydrogen-bond acceptors (Lipinski definition) is 0. The molecule has 1 aliphatic carbocycles. The molecule has 20 heavy (non-hydrogen) atoms. The van der Waals surface area contributed by atoms with Gasteiger partial charge in [0.05, 0.1) is 5.38 Å². The molecular weight excluding hydrogens is 264 g/mol. The molecule has 0 nitrogen and oxygen atoms in total. The number of alkyl halides is 1. The van der Waals surface area contributed by atoms with E-state index in [1.807, 2.05) is 6.07 Å². The second kappa shape index (κ2) is 6.45. The molecule has 1 saturated carbocycles. The molecule has 0 spiro atoms. The van der Waals surface area contributed by atoms with E-state index in [9.17, 15) is 0 Å². The third-order valence-electron chi connectivity index (χ3n) is 4.38. The molecule has 1 heteroatoms. The van der Waals surface area contributed by atoms with Gasteiger partial charge in [-0.15, -0.1) is 11.6 Å². The quantitative estimate of drug-likeness (QED) is 0.603. The summed E-state index contributed by atoms with van der Waals surface area (Å²) in [5.74, 6) is 0.816. The Morgan fingerprint density at radius 3 is 2.50 bits per heavy atom. The van der Waals surface area contributed by atoms with E-state index in [-0.39, 0.29) is 5.38 Å². The first-order valence-electron chi connectivity index (χ1n) is 7.61. The molecule has 0 amide bonds. The van der Waals surface area contributed by atoms with E-state index in [2.05, 4.69) is 48.5 Å². The van der Waals surface area contributed by atoms with Crippen LogP contribution in [0.15, 0.2) is 54.6 Å². The summed E-state index contributed by atoms with van der Waals surface area (Å²) in [6, 6.07) is 19.5. The van der Waals surface area contributed by atoms with Crippen LogP contribution in [-0.2, 0) is 6.42 Å². The van der Waals surface area contributed by atoms with E-state index >= 15 is 0 Å². The fourth-order valence-electron chi connectivity index (χ4n) is 2.87. The molecule has 1 aliphatic rings. The van der Waals surface area contributed by atoms with Crippen molar-refractivity contribution in [1.82, 2.24) is 0 Å². The van der Waals surface area contributed by atoms with Crippen molar-refractivity contribution in [2.24, 2.45) is 0 Å². The first kappa shape index (κ1) is 13.7. The van der Waals surface area contributed by atoms with Gasteiger partial charge in [0.1, 0.15) is 0 Å². The third kappa shape index (κ3) is 3.24. The van der Waals surface area contributed by atoms with E-state index in [0.717, 1.165) is 18.8 Å². The van der Waals surface area contributed by atoms with Crippen LogP contribution in [-0.4, -0.2) is 0 Å². The highest BCUT2D eigenvalue weighted by molar-refractivity contribution is 6.20. The highest BCUT2D eigenvalue weighted by Crippen LogP contribution is 2.36. The maximum absolute atomic E-state index is 6.50. The lowest BCUT2D eigenvalue weighted by molar-refractivity contribution is 0.419. The van der Waals surface area contributed by atoms with Gasteiger partial charge < -0.3 is 0 Å². The summed E-state index contributed by atoms with van der Waals surface area (Å²) in [4.78, 5) is 0. The van der Waals surface area contributed by atoms with E-state index in [4.69, 9.17) is 11.6 Å². The molecule has 104 valence electrons. The SMILES string of the molecule is ClC(CCc1cccc(C2CCC2)c1)c1ccccc1. The monoisotopic (exact) mass is 284 g/mol. The molecule has 0 aliphatic heterocycles. The van der Waals surface area contributed by atoms with Crippen LogP contribution >= 0.6 is 11.6 Å². The molecule has 0 aromatic heterocycles. The van der Waals surface area contributed by atoms with Crippen LogP contribution in [0.2, 0.25) is 0 Å². The van der Waals surface area contributed by atoms with Crippen LogP contribution in [0.4, 0.5) is 0 Å². The van der Waals surface area contributed by atoms with Gasteiger partial charge in [0, 0.05) is 0 Å². The predicted molar refractivity (Wildman–Crippen MR) is 86.4 cm³/mol. The van der Waals surface area contributed by atoms with Gasteiger partial charge in [-0.2, -0.15) is 0 Å². The van der Waals surface area contributed by atoms with Crippen LogP contribution in [0.3, 0.4) is 0 Å². The Balaban J connectivity index is 1.60. The van der Waals surface area contributed by atoms with Gasteiger partial charge in [-0.3, -0.25) is 0 Å². The summed E-state index contributed by atoms with van der Waals surface area (Å²) in [6.45, 7) is 0. The van der Waals surface area contributed by atoms with Crippen molar-refractivity contribution < 1.29 is 0 Å². The second-order valence-electron chi connectivity index (χ2n) is 5.79. The molecule has 1 unspecified atom stereocenters. The molecule has 0 bridgehead atoms. The first-order chi connectivity index (χ1) is 9.83. The van der Waals surface area contributed by atoms with Crippen LogP contribution in [0, 0.1) is 0 Å². The predicted octanol–water partition coefficient (Wildman–Crippen LogP) is 5.87. The molecular formula is C19H21Cl. The number of hydrogen-bond donors (Lipinski definition) is 0. The average Bonchev–Trinajstić information content (AvgIpc) is 2.44. The minimum Gasteiger partial charge on any atom is -0.118 e. The van der Waals surface area contributed by atoms with Crippen molar-refractivity contribution >= 4 is 11.6 Å². The summed E-state index contributed by atoms with van der Waals surface area (Å²) < 4.78 is 0. The Bertz CT molecular complexity index is 543. The smallest absolute Gasteiger partial charge is 0.0588 e. The Morgan fingerprint density at radius 2 is 1.80 bits per heavy atom. The molecule has 0 heterocycles. The topological polar surface area (TPSA) is 0 Å². The van der Waals surface area contributed by atoms with E-state index in [0.29, 0.717) is 0 Å². The van der Waals surface area contributed by atoms with Crippen molar-refractivity contribution in [3.05, 3.63) is 71.3 Å². The summed E-state index contributed by atoms with van der Waals surface area (Å²) in [5, 5.41) is 0.114. The maximum atomic E-state index is 6.50. The van der Waals surface area contributed by atoms with Crippen molar-refractivity contribution in [2.45, 2.75) is 43.4 Å². The first-order valence-corrected chi connectivity index (χ1v) is 8.04. The highest BCUT2D eigenvalue weighted by atomic mass is 35.5. The van der Waals surface area contributed by atoms with Crippen LogP contribution in [0.25, 0.3) is 0 Å². The Kier molecular flexibility index (Phi) is 4.42. The molecule has 2 aromatic carbocycles. The van der Waals surface area contributed by atoms with Gasteiger partial charge in [0.2, 0.25) is 0 Å².